The third kappa shape index (κ3) is 4.38. The molecule has 1 spiro atoms. The fourth-order valence-electron chi connectivity index (χ4n) is 3.59. The average molecular weight is 417 g/mol. The number of nitrogens with one attached hydrogen (secondary N) is 1. The van der Waals surface area contributed by atoms with Crippen molar-refractivity contribution in [1.82, 2.24) is 10.2 Å². The first kappa shape index (κ1) is 20.4. The average Bonchev–Trinajstić information content (AvgIpc) is 2.66. The summed E-state index contributed by atoms with van der Waals surface area (Å²) in [6.07, 6.45) is -0.476. The molecule has 2 fully saturated rings. The minimum atomic E-state index is -0.951. The standard InChI is InChI=1S/C18H22Cl2N2O5/c19-11-1-2-13(20)12(9-11)17(26)21-10-15(24)22-6-4-18(5-7-22)16(25)14(23)3-8-27-18/h1-2,9,14,16,23,25H,3-8,10H2,(H,21,26)/t14-,16-/m0/s1. The number of likely N-dealkylation sites (tertiary alicyclic amines) is 1. The number of halogens is 2. The van der Waals surface area contributed by atoms with Crippen LogP contribution in [0.2, 0.25) is 10.0 Å². The zero-order chi connectivity index (χ0) is 19.6. The quantitative estimate of drug-likeness (QED) is 0.687. The van der Waals surface area contributed by atoms with E-state index in [2.05, 4.69) is 5.32 Å². The minimum absolute atomic E-state index is 0.166. The lowest BCUT2D eigenvalue weighted by atomic mass is 9.80. The van der Waals surface area contributed by atoms with Crippen LogP contribution in [0.25, 0.3) is 0 Å². The van der Waals surface area contributed by atoms with Crippen LogP contribution in [0.3, 0.4) is 0 Å². The zero-order valence-corrected chi connectivity index (χ0v) is 16.2. The second kappa shape index (κ2) is 8.32. The van der Waals surface area contributed by atoms with Crippen LogP contribution in [0.4, 0.5) is 0 Å². The third-order valence-electron chi connectivity index (χ3n) is 5.24. The van der Waals surface area contributed by atoms with Gasteiger partial charge < -0.3 is 25.2 Å². The molecule has 0 radical (unpaired) electrons. The molecule has 2 heterocycles. The number of nitrogens with zero attached hydrogens (tertiary/aromatic N) is 1. The second-order valence-corrected chi connectivity index (χ2v) is 7.75. The van der Waals surface area contributed by atoms with E-state index in [0.717, 1.165) is 0 Å². The highest BCUT2D eigenvalue weighted by molar-refractivity contribution is 6.35. The molecule has 2 amide bonds. The maximum absolute atomic E-state index is 12.4. The molecule has 2 atom stereocenters. The summed E-state index contributed by atoms with van der Waals surface area (Å²) < 4.78 is 5.75. The Labute approximate surface area is 167 Å². The molecule has 3 rings (SSSR count). The molecule has 2 aliphatic heterocycles. The Morgan fingerprint density at radius 1 is 1.26 bits per heavy atom. The largest absolute Gasteiger partial charge is 0.390 e. The Kier molecular flexibility index (Phi) is 6.28. The van der Waals surface area contributed by atoms with Crippen LogP contribution in [-0.4, -0.2) is 71.0 Å². The molecule has 0 saturated carbocycles. The van der Waals surface area contributed by atoms with E-state index in [1.807, 2.05) is 0 Å². The predicted molar refractivity (Wildman–Crippen MR) is 99.9 cm³/mol. The Hall–Kier alpha value is -1.38. The van der Waals surface area contributed by atoms with Crippen LogP contribution < -0.4 is 5.32 Å². The molecule has 0 aliphatic carbocycles. The highest BCUT2D eigenvalue weighted by atomic mass is 35.5. The molecule has 2 aliphatic rings. The monoisotopic (exact) mass is 416 g/mol. The number of aliphatic hydroxyl groups excluding tert-OH is 2. The Balaban J connectivity index is 1.53. The summed E-state index contributed by atoms with van der Waals surface area (Å²) >= 11 is 11.9. The van der Waals surface area contributed by atoms with Gasteiger partial charge in [0.25, 0.3) is 5.91 Å². The van der Waals surface area contributed by atoms with Crippen LogP contribution in [0.5, 0.6) is 0 Å². The smallest absolute Gasteiger partial charge is 0.253 e. The molecule has 1 aromatic carbocycles. The topological polar surface area (TPSA) is 99.1 Å². The fraction of sp³-hybridized carbons (Fsp3) is 0.556. The summed E-state index contributed by atoms with van der Waals surface area (Å²) in [5.41, 5.74) is -0.589. The van der Waals surface area contributed by atoms with Gasteiger partial charge in [0.2, 0.25) is 5.91 Å². The van der Waals surface area contributed by atoms with Crippen LogP contribution in [0.15, 0.2) is 18.2 Å². The summed E-state index contributed by atoms with van der Waals surface area (Å²) in [4.78, 5) is 26.2. The SMILES string of the molecule is O=C(NCC(=O)N1CCC2(CC1)OCC[C@H](O)[C@@H]2O)c1cc(Cl)ccc1Cl. The molecule has 0 aromatic heterocycles. The fourth-order valence-corrected chi connectivity index (χ4v) is 3.96. The lowest BCUT2D eigenvalue weighted by Crippen LogP contribution is -2.60. The van der Waals surface area contributed by atoms with Crippen LogP contribution >= 0.6 is 23.2 Å². The molecular formula is C18H22Cl2N2O5. The lowest BCUT2D eigenvalue weighted by molar-refractivity contribution is -0.214. The van der Waals surface area contributed by atoms with Crippen molar-refractivity contribution in [3.8, 4) is 0 Å². The maximum Gasteiger partial charge on any atom is 0.253 e. The van der Waals surface area contributed by atoms with Gasteiger partial charge in [-0.05, 0) is 37.5 Å². The normalized spacial score (nSPS) is 24.7. The molecule has 0 unspecified atom stereocenters. The number of carbonyl (C=O) groups excluding carboxylic acids is 2. The van der Waals surface area contributed by atoms with E-state index in [-0.39, 0.29) is 23.0 Å². The van der Waals surface area contributed by atoms with E-state index in [9.17, 15) is 19.8 Å². The van der Waals surface area contributed by atoms with E-state index in [4.69, 9.17) is 27.9 Å². The number of rotatable bonds is 3. The zero-order valence-electron chi connectivity index (χ0n) is 14.7. The summed E-state index contributed by atoms with van der Waals surface area (Å²) in [7, 11) is 0. The van der Waals surface area contributed by atoms with E-state index in [1.165, 1.54) is 12.1 Å². The molecule has 9 heteroatoms. The first-order chi connectivity index (χ1) is 12.8. The van der Waals surface area contributed by atoms with Crippen molar-refractivity contribution >= 4 is 35.0 Å². The van der Waals surface area contributed by atoms with Crippen LogP contribution in [0, 0.1) is 0 Å². The highest BCUT2D eigenvalue weighted by Crippen LogP contribution is 2.35. The van der Waals surface area contributed by atoms with Crippen molar-refractivity contribution in [3.63, 3.8) is 0 Å². The summed E-state index contributed by atoms with van der Waals surface area (Å²) in [6, 6.07) is 4.55. The van der Waals surface area contributed by atoms with Gasteiger partial charge in [0.05, 0.1) is 35.4 Å². The predicted octanol–water partition coefficient (Wildman–Crippen LogP) is 1.23. The van der Waals surface area contributed by atoms with Crippen molar-refractivity contribution in [2.24, 2.45) is 0 Å². The second-order valence-electron chi connectivity index (χ2n) is 6.90. The number of ether oxygens (including phenoxy) is 1. The van der Waals surface area contributed by atoms with Gasteiger partial charge >= 0.3 is 0 Å². The first-order valence-electron chi connectivity index (χ1n) is 8.83. The molecular weight excluding hydrogens is 395 g/mol. The Morgan fingerprint density at radius 3 is 2.67 bits per heavy atom. The number of hydrogen-bond donors (Lipinski definition) is 3. The number of hydrogen-bond acceptors (Lipinski definition) is 5. The van der Waals surface area contributed by atoms with Gasteiger partial charge in [0.1, 0.15) is 6.10 Å². The molecule has 3 N–H and O–H groups in total. The third-order valence-corrected chi connectivity index (χ3v) is 5.81. The highest BCUT2D eigenvalue weighted by Gasteiger charge is 2.48. The first-order valence-corrected chi connectivity index (χ1v) is 9.59. The number of aliphatic hydroxyl groups is 2. The van der Waals surface area contributed by atoms with Gasteiger partial charge in [-0.25, -0.2) is 0 Å². The van der Waals surface area contributed by atoms with Crippen LogP contribution in [-0.2, 0) is 9.53 Å². The van der Waals surface area contributed by atoms with Gasteiger partial charge in [0.15, 0.2) is 0 Å². The number of piperidine rings is 1. The molecule has 0 bridgehead atoms. The van der Waals surface area contributed by atoms with Gasteiger partial charge in [-0.2, -0.15) is 0 Å². The lowest BCUT2D eigenvalue weighted by Gasteiger charge is -2.48. The molecule has 1 aromatic rings. The van der Waals surface area contributed by atoms with E-state index in [0.29, 0.717) is 44.0 Å². The molecule has 7 nitrogen and oxygen atoms in total. The number of amides is 2. The molecule has 2 saturated heterocycles. The van der Waals surface area contributed by atoms with Crippen molar-refractivity contribution in [3.05, 3.63) is 33.8 Å². The summed E-state index contributed by atoms with van der Waals surface area (Å²) in [5.74, 6) is -0.708. The van der Waals surface area contributed by atoms with Crippen molar-refractivity contribution in [2.75, 3.05) is 26.2 Å². The van der Waals surface area contributed by atoms with E-state index < -0.39 is 23.7 Å². The molecule has 27 heavy (non-hydrogen) atoms. The van der Waals surface area contributed by atoms with Crippen molar-refractivity contribution in [1.29, 1.82) is 0 Å². The van der Waals surface area contributed by atoms with Crippen molar-refractivity contribution in [2.45, 2.75) is 37.1 Å². The number of benzene rings is 1. The number of carbonyl (C=O) groups is 2. The maximum atomic E-state index is 12.4. The summed E-state index contributed by atoms with van der Waals surface area (Å²) in [5, 5.41) is 23.4. The minimum Gasteiger partial charge on any atom is -0.390 e. The van der Waals surface area contributed by atoms with Gasteiger partial charge in [-0.1, -0.05) is 23.2 Å². The summed E-state index contributed by atoms with van der Waals surface area (Å²) in [6.45, 7) is 0.996. The van der Waals surface area contributed by atoms with Crippen molar-refractivity contribution < 1.29 is 24.5 Å². The van der Waals surface area contributed by atoms with Crippen LogP contribution in [0.1, 0.15) is 29.6 Å². The van der Waals surface area contributed by atoms with Gasteiger partial charge in [0, 0.05) is 18.1 Å². The van der Waals surface area contributed by atoms with Gasteiger partial charge in [-0.15, -0.1) is 0 Å². The Morgan fingerprint density at radius 2 is 1.96 bits per heavy atom. The Bertz CT molecular complexity index is 722. The van der Waals surface area contributed by atoms with Gasteiger partial charge in [-0.3, -0.25) is 9.59 Å². The van der Waals surface area contributed by atoms with E-state index in [1.54, 1.807) is 11.0 Å². The molecule has 148 valence electrons. The van der Waals surface area contributed by atoms with E-state index >= 15 is 0 Å².